The molecule has 3 rings (SSSR count). The lowest BCUT2D eigenvalue weighted by Crippen LogP contribution is -2.56. The monoisotopic (exact) mass is 441 g/mol. The smallest absolute Gasteiger partial charge is 0.288 e. The largest absolute Gasteiger partial charge is 0.459 e. The van der Waals surface area contributed by atoms with E-state index in [1.54, 1.807) is 6.07 Å². The lowest BCUT2D eigenvalue weighted by Gasteiger charge is -2.27. The van der Waals surface area contributed by atoms with E-state index in [1.165, 1.54) is 12.3 Å². The van der Waals surface area contributed by atoms with Crippen LogP contribution in [0.15, 0.2) is 65.3 Å². The highest BCUT2D eigenvalue weighted by atomic mass is 35.6. The first-order valence-electron chi connectivity index (χ1n) is 7.80. The molecule has 0 bridgehead atoms. The summed E-state index contributed by atoms with van der Waals surface area (Å²) in [6.07, 6.45) is 0.291. The first-order valence-corrected chi connectivity index (χ1v) is 9.34. The van der Waals surface area contributed by atoms with E-state index in [9.17, 15) is 4.79 Å². The van der Waals surface area contributed by atoms with Crippen LogP contribution in [0.3, 0.4) is 0 Å². The van der Waals surface area contributed by atoms with Crippen LogP contribution in [-0.4, -0.2) is 21.0 Å². The average Bonchev–Trinajstić information content (AvgIpc) is 3.15. The van der Waals surface area contributed by atoms with Crippen LogP contribution in [0.2, 0.25) is 0 Å². The second-order valence-electron chi connectivity index (χ2n) is 5.59. The molecule has 0 aliphatic heterocycles. The molecule has 1 amide bonds. The molecule has 1 heterocycles. The highest BCUT2D eigenvalue weighted by Gasteiger charge is 2.35. The van der Waals surface area contributed by atoms with Gasteiger partial charge in [-0.15, -0.1) is 0 Å². The summed E-state index contributed by atoms with van der Waals surface area (Å²) in [4.78, 5) is 12.2. The maximum absolute atomic E-state index is 12.2. The number of fused-ring (bicyclic) bond motifs is 1. The van der Waals surface area contributed by atoms with Crippen molar-refractivity contribution in [3.63, 3.8) is 0 Å². The van der Waals surface area contributed by atoms with Crippen molar-refractivity contribution in [2.75, 3.05) is 5.32 Å². The summed E-state index contributed by atoms with van der Waals surface area (Å²) in [5.74, 6) is -0.457. The standard InChI is InChI=1S/C18H14Cl3N3O2S/c19-18(20,21)16(23-15(25)14-6-3-9-26-14)24-17(27)22-13-8-7-11-4-1-2-5-12(11)10-13/h1-10,16H,(H,23,25)(H2,22,24,27)/t16-/m1/s1. The summed E-state index contributed by atoms with van der Waals surface area (Å²) < 4.78 is 3.18. The van der Waals surface area contributed by atoms with Crippen molar-refractivity contribution in [2.45, 2.75) is 9.96 Å². The van der Waals surface area contributed by atoms with Gasteiger partial charge in [0.15, 0.2) is 10.9 Å². The number of nitrogens with one attached hydrogen (secondary N) is 3. The van der Waals surface area contributed by atoms with Crippen molar-refractivity contribution in [1.82, 2.24) is 10.6 Å². The molecule has 0 spiro atoms. The molecule has 1 atom stereocenters. The fourth-order valence-corrected chi connectivity index (χ4v) is 2.94. The fraction of sp³-hybridized carbons (Fsp3) is 0.111. The zero-order valence-electron chi connectivity index (χ0n) is 13.7. The third-order valence-electron chi connectivity index (χ3n) is 3.63. The summed E-state index contributed by atoms with van der Waals surface area (Å²) in [6, 6.07) is 16.8. The van der Waals surface area contributed by atoms with Crippen molar-refractivity contribution in [3.8, 4) is 0 Å². The summed E-state index contributed by atoms with van der Waals surface area (Å²) in [6.45, 7) is 0. The van der Waals surface area contributed by atoms with Gasteiger partial charge in [0.25, 0.3) is 5.91 Å². The van der Waals surface area contributed by atoms with Gasteiger partial charge in [0, 0.05) is 5.69 Å². The number of halogens is 3. The first kappa shape index (κ1) is 19.8. The molecule has 9 heteroatoms. The van der Waals surface area contributed by atoms with Gasteiger partial charge in [0.1, 0.15) is 6.17 Å². The van der Waals surface area contributed by atoms with Gasteiger partial charge >= 0.3 is 0 Å². The van der Waals surface area contributed by atoms with Gasteiger partial charge in [-0.3, -0.25) is 4.79 Å². The molecule has 0 aliphatic carbocycles. The van der Waals surface area contributed by atoms with E-state index in [0.717, 1.165) is 16.5 Å². The van der Waals surface area contributed by atoms with Crippen LogP contribution < -0.4 is 16.0 Å². The Kier molecular flexibility index (Phi) is 6.11. The summed E-state index contributed by atoms with van der Waals surface area (Å²) in [7, 11) is 0. The fourth-order valence-electron chi connectivity index (χ4n) is 2.38. The normalized spacial score (nSPS) is 12.4. The first-order chi connectivity index (χ1) is 12.8. The van der Waals surface area contributed by atoms with Gasteiger partial charge in [-0.2, -0.15) is 0 Å². The minimum atomic E-state index is -1.85. The van der Waals surface area contributed by atoms with E-state index >= 15 is 0 Å². The number of carbonyl (C=O) groups excluding carboxylic acids is 1. The van der Waals surface area contributed by atoms with Crippen molar-refractivity contribution in [2.24, 2.45) is 0 Å². The molecule has 5 nitrogen and oxygen atoms in total. The van der Waals surface area contributed by atoms with E-state index < -0.39 is 15.9 Å². The highest BCUT2D eigenvalue weighted by Crippen LogP contribution is 2.29. The summed E-state index contributed by atoms with van der Waals surface area (Å²) in [5, 5.41) is 10.7. The Morgan fingerprint density at radius 2 is 1.74 bits per heavy atom. The van der Waals surface area contributed by atoms with E-state index in [1.807, 2.05) is 42.5 Å². The van der Waals surface area contributed by atoms with Gasteiger partial charge in [-0.25, -0.2) is 0 Å². The number of amides is 1. The number of furan rings is 1. The lowest BCUT2D eigenvalue weighted by molar-refractivity contribution is 0.0906. The average molecular weight is 443 g/mol. The lowest BCUT2D eigenvalue weighted by atomic mass is 10.1. The van der Waals surface area contributed by atoms with Gasteiger partial charge in [-0.1, -0.05) is 65.1 Å². The van der Waals surface area contributed by atoms with Crippen LogP contribution in [0.5, 0.6) is 0 Å². The minimum Gasteiger partial charge on any atom is -0.459 e. The quantitative estimate of drug-likeness (QED) is 0.306. The molecule has 27 heavy (non-hydrogen) atoms. The minimum absolute atomic E-state index is 0.0875. The molecule has 3 aromatic rings. The Labute approximate surface area is 176 Å². The van der Waals surface area contributed by atoms with Crippen LogP contribution in [0.4, 0.5) is 5.69 Å². The Morgan fingerprint density at radius 1 is 1.00 bits per heavy atom. The number of anilines is 1. The maximum atomic E-state index is 12.2. The van der Waals surface area contributed by atoms with Gasteiger partial charge < -0.3 is 20.4 Å². The van der Waals surface area contributed by atoms with Gasteiger partial charge in [-0.05, 0) is 47.3 Å². The zero-order chi connectivity index (χ0) is 19.4. The van der Waals surface area contributed by atoms with Crippen LogP contribution in [0.25, 0.3) is 10.8 Å². The molecule has 0 fully saturated rings. The Hall–Kier alpha value is -1.99. The Morgan fingerprint density at radius 3 is 2.41 bits per heavy atom. The molecule has 0 saturated carbocycles. The zero-order valence-corrected chi connectivity index (χ0v) is 16.8. The number of rotatable bonds is 4. The molecule has 0 unspecified atom stereocenters. The Balaban J connectivity index is 1.69. The predicted molar refractivity (Wildman–Crippen MR) is 114 cm³/mol. The van der Waals surface area contributed by atoms with Crippen molar-refractivity contribution >= 4 is 74.5 Å². The molecule has 140 valence electrons. The molecule has 2 aromatic carbocycles. The van der Waals surface area contributed by atoms with E-state index in [4.69, 9.17) is 51.4 Å². The van der Waals surface area contributed by atoms with Crippen LogP contribution in [0, 0.1) is 0 Å². The molecular formula is C18H14Cl3N3O2S. The molecule has 0 radical (unpaired) electrons. The second kappa shape index (κ2) is 8.35. The van der Waals surface area contributed by atoms with E-state index in [2.05, 4.69) is 16.0 Å². The Bertz CT molecular complexity index is 958. The van der Waals surface area contributed by atoms with Crippen molar-refractivity contribution in [3.05, 3.63) is 66.6 Å². The highest BCUT2D eigenvalue weighted by molar-refractivity contribution is 7.80. The van der Waals surface area contributed by atoms with Crippen molar-refractivity contribution < 1.29 is 9.21 Å². The van der Waals surface area contributed by atoms with Gasteiger partial charge in [0.2, 0.25) is 3.79 Å². The molecular weight excluding hydrogens is 429 g/mol. The van der Waals surface area contributed by atoms with E-state index in [0.29, 0.717) is 0 Å². The molecule has 3 N–H and O–H groups in total. The summed E-state index contributed by atoms with van der Waals surface area (Å²) >= 11 is 23.2. The number of hydrogen-bond donors (Lipinski definition) is 3. The second-order valence-corrected chi connectivity index (χ2v) is 8.36. The van der Waals surface area contributed by atoms with Crippen LogP contribution in [-0.2, 0) is 0 Å². The number of thiocarbonyl (C=S) groups is 1. The van der Waals surface area contributed by atoms with Crippen molar-refractivity contribution in [1.29, 1.82) is 0 Å². The number of hydrogen-bond acceptors (Lipinski definition) is 3. The predicted octanol–water partition coefficient (Wildman–Crippen LogP) is 4.85. The third-order valence-corrected chi connectivity index (χ3v) is 4.51. The number of benzene rings is 2. The maximum Gasteiger partial charge on any atom is 0.288 e. The van der Waals surface area contributed by atoms with E-state index in [-0.39, 0.29) is 10.9 Å². The van der Waals surface area contributed by atoms with Crippen LogP contribution >= 0.6 is 47.0 Å². The third kappa shape index (κ3) is 5.26. The molecule has 1 aromatic heterocycles. The number of carbonyl (C=O) groups is 1. The molecule has 0 aliphatic rings. The topological polar surface area (TPSA) is 66.3 Å². The number of alkyl halides is 3. The van der Waals surface area contributed by atoms with Crippen LogP contribution in [0.1, 0.15) is 10.6 Å². The SMILES string of the molecule is O=C(N[C@H](NC(=S)Nc1ccc2ccccc2c1)C(Cl)(Cl)Cl)c1ccco1. The van der Waals surface area contributed by atoms with Gasteiger partial charge in [0.05, 0.1) is 6.26 Å². The molecule has 0 saturated heterocycles. The summed E-state index contributed by atoms with van der Waals surface area (Å²) in [5.41, 5.74) is 0.756.